The SMILES string of the molecule is CCc1c(-c2cccnc2)cc2c3c1CCN3C(=O)CC2.O=C1CCc2c(Cl)c(-c3cccnc3)cc3c2N1CC3.O=C1CCc2c(F)c(-c3cccnc3)cc3c2N1CC3.O=C1CCc2c3c(cc(-c4cccnc4)c2C(F)(F)F)CCN13.O=C1CCc2cc(-c3cccnc3)c(C(F)(F)F)c3c2N1CC3.O=C1CCc2cc(-c3cccnc3)c(F)c3c2N1CC3. The molecule has 18 heterocycles. The summed E-state index contributed by atoms with van der Waals surface area (Å²) in [4.78, 5) is 107. The highest BCUT2D eigenvalue weighted by molar-refractivity contribution is 6.35. The van der Waals surface area contributed by atoms with Crippen LogP contribution in [-0.4, -0.2) is 105 Å². The predicted molar refractivity (Wildman–Crippen MR) is 469 cm³/mol. The molecular weight excluding hydrogens is 1650 g/mol. The summed E-state index contributed by atoms with van der Waals surface area (Å²) in [7, 11) is 0. The summed E-state index contributed by atoms with van der Waals surface area (Å²) < 4.78 is 112. The Kier molecular flexibility index (Phi) is 22.3. The third-order valence-corrected chi connectivity index (χ3v) is 26.6. The van der Waals surface area contributed by atoms with Crippen LogP contribution in [-0.2, 0) is 125 Å². The molecule has 127 heavy (non-hydrogen) atoms. The van der Waals surface area contributed by atoms with Gasteiger partial charge in [-0.1, -0.05) is 54.9 Å². The van der Waals surface area contributed by atoms with E-state index in [9.17, 15) is 63.9 Å². The molecule has 6 aromatic heterocycles. The molecule has 0 N–H and O–H groups in total. The molecule has 6 amide bonds. The lowest BCUT2D eigenvalue weighted by Crippen LogP contribution is -2.34. The van der Waals surface area contributed by atoms with Crippen LogP contribution in [0.2, 0.25) is 5.02 Å². The Hall–Kier alpha value is -13.2. The number of benzene rings is 6. The first-order chi connectivity index (χ1) is 61.5. The molecule has 12 aliphatic heterocycles. The monoisotopic (exact) mass is 1730 g/mol. The minimum Gasteiger partial charge on any atom is -0.312 e. The van der Waals surface area contributed by atoms with Crippen LogP contribution >= 0.6 is 11.6 Å². The fourth-order valence-electron chi connectivity index (χ4n) is 20.6. The standard InChI is InChI=1S/C18H18N2O.2C17H13F3N2O.C16H13ClN2O.2C16H13FN2O/c1-2-14-15-7-9-20-17(21)6-5-12(18(15)20)10-16(14)13-4-3-8-19-11-13;18-17(19,20)15-12-3-4-14(23)22-7-5-10(16(12)22)8-13(15)11-2-1-6-21-9-11;18-17(19,20)15-12-5-7-22-14(23)4-3-10(16(12)22)8-13(15)11-2-1-6-21-9-11;2*17-15-12-3-4-14(20)19-7-5-10(16(12)19)8-13(15)11-2-1-6-18-9-11;17-15-12-5-7-19-14(20)4-3-10(16(12)19)8-13(15)11-2-1-6-18-9-11/h3-4,8,10-11H,2,5-7,9H2,1H3;2*1-2,6,8-9H,3-5,7H2;3*1-2,6,8-9H,3-5,7H2. The van der Waals surface area contributed by atoms with Crippen molar-refractivity contribution in [3.63, 3.8) is 0 Å². The number of amides is 6. The Morgan fingerprint density at radius 2 is 0.535 bits per heavy atom. The Labute approximate surface area is 731 Å². The molecule has 27 heteroatoms. The van der Waals surface area contributed by atoms with Crippen molar-refractivity contribution in [1.82, 2.24) is 29.9 Å². The number of alkyl halides is 6. The minimum atomic E-state index is -4.47. The second-order valence-corrected chi connectivity index (χ2v) is 33.6. The average molecular weight is 1740 g/mol. The number of nitrogens with zero attached hydrogens (tertiary/aromatic N) is 12. The molecule has 24 rings (SSSR count). The van der Waals surface area contributed by atoms with E-state index < -0.39 is 23.5 Å². The highest BCUT2D eigenvalue weighted by Gasteiger charge is 2.46. The molecule has 0 spiro atoms. The lowest BCUT2D eigenvalue weighted by Gasteiger charge is -2.29. The van der Waals surface area contributed by atoms with E-state index in [0.717, 1.165) is 124 Å². The zero-order chi connectivity index (χ0) is 87.8. The van der Waals surface area contributed by atoms with Crippen LogP contribution in [0.15, 0.2) is 184 Å². The Morgan fingerprint density at radius 3 is 0.890 bits per heavy atom. The second-order valence-electron chi connectivity index (χ2n) is 33.2. The number of hydrogen-bond acceptors (Lipinski definition) is 12. The largest absolute Gasteiger partial charge is 0.417 e. The summed E-state index contributed by atoms with van der Waals surface area (Å²) in [5.41, 5.74) is 24.4. The van der Waals surface area contributed by atoms with E-state index >= 15 is 0 Å². The number of anilines is 6. The van der Waals surface area contributed by atoms with Gasteiger partial charge in [0.1, 0.15) is 11.6 Å². The molecule has 0 saturated heterocycles. The summed E-state index contributed by atoms with van der Waals surface area (Å²) in [6.45, 7) is 5.92. The van der Waals surface area contributed by atoms with Gasteiger partial charge in [0.2, 0.25) is 35.4 Å². The van der Waals surface area contributed by atoms with E-state index in [2.05, 4.69) is 55.0 Å². The van der Waals surface area contributed by atoms with Crippen LogP contribution in [0.25, 0.3) is 66.8 Å². The van der Waals surface area contributed by atoms with Gasteiger partial charge in [0.25, 0.3) is 0 Å². The van der Waals surface area contributed by atoms with Crippen molar-refractivity contribution in [2.24, 2.45) is 0 Å². The smallest absolute Gasteiger partial charge is 0.312 e. The maximum absolute atomic E-state index is 14.8. The van der Waals surface area contributed by atoms with Crippen LogP contribution in [0.5, 0.6) is 0 Å². The van der Waals surface area contributed by atoms with Crippen molar-refractivity contribution in [1.29, 1.82) is 0 Å². The van der Waals surface area contributed by atoms with Crippen molar-refractivity contribution in [3.05, 3.63) is 284 Å². The zero-order valence-electron chi connectivity index (χ0n) is 69.2. The molecule has 0 unspecified atom stereocenters. The molecule has 0 saturated carbocycles. The van der Waals surface area contributed by atoms with Gasteiger partial charge in [0, 0.05) is 213 Å². The van der Waals surface area contributed by atoms with Crippen molar-refractivity contribution in [3.8, 4) is 66.8 Å². The van der Waals surface area contributed by atoms with E-state index in [1.54, 1.807) is 77.2 Å². The lowest BCUT2D eigenvalue weighted by molar-refractivity contribution is -0.138. The molecule has 0 bridgehead atoms. The van der Waals surface area contributed by atoms with Gasteiger partial charge in [-0.15, -0.1) is 0 Å². The number of hydrogen-bond donors (Lipinski definition) is 0. The van der Waals surface area contributed by atoms with E-state index in [0.29, 0.717) is 135 Å². The van der Waals surface area contributed by atoms with Crippen molar-refractivity contribution < 1.29 is 63.9 Å². The van der Waals surface area contributed by atoms with Crippen molar-refractivity contribution in [2.75, 3.05) is 68.7 Å². The summed E-state index contributed by atoms with van der Waals surface area (Å²) in [6.07, 6.45) is 22.3. The van der Waals surface area contributed by atoms with E-state index in [1.165, 1.54) is 73.7 Å². The molecule has 0 aliphatic carbocycles. The van der Waals surface area contributed by atoms with Crippen LogP contribution in [0.3, 0.4) is 0 Å². The van der Waals surface area contributed by atoms with Gasteiger partial charge < -0.3 is 29.4 Å². The topological polar surface area (TPSA) is 199 Å². The first kappa shape index (κ1) is 83.3. The third kappa shape index (κ3) is 15.3. The third-order valence-electron chi connectivity index (χ3n) is 26.1. The van der Waals surface area contributed by atoms with Crippen LogP contribution < -0.4 is 29.4 Å². The number of halogens is 9. The number of pyridine rings is 6. The zero-order valence-corrected chi connectivity index (χ0v) is 70.0. The van der Waals surface area contributed by atoms with Crippen molar-refractivity contribution >= 4 is 81.2 Å². The van der Waals surface area contributed by atoms with Gasteiger partial charge in [-0.2, -0.15) is 26.3 Å². The van der Waals surface area contributed by atoms with Gasteiger partial charge in [0.15, 0.2) is 0 Å². The number of rotatable bonds is 7. The minimum absolute atomic E-state index is 0.0847. The molecule has 0 radical (unpaired) electrons. The number of aryl methyl sites for hydroxylation is 3. The van der Waals surface area contributed by atoms with Crippen LogP contribution in [0, 0.1) is 11.6 Å². The first-order valence-electron chi connectivity index (χ1n) is 43.0. The van der Waals surface area contributed by atoms with Gasteiger partial charge in [-0.3, -0.25) is 58.7 Å². The molecule has 12 aromatic rings. The maximum atomic E-state index is 14.8. The molecule has 12 aliphatic rings. The Balaban J connectivity index is 0.0000000994. The van der Waals surface area contributed by atoms with Gasteiger partial charge in [-0.05, 0) is 234 Å². The molecule has 642 valence electrons. The van der Waals surface area contributed by atoms with Gasteiger partial charge in [0.05, 0.1) is 50.3 Å². The fraction of sp³-hybridized carbons (Fsp3) is 0.280. The Morgan fingerprint density at radius 1 is 0.291 bits per heavy atom. The Bertz CT molecular complexity index is 6240. The molecule has 6 aromatic carbocycles. The molecule has 0 fully saturated rings. The molecule has 0 atom stereocenters. The van der Waals surface area contributed by atoms with Crippen LogP contribution in [0.4, 0.5) is 69.2 Å². The first-order valence-corrected chi connectivity index (χ1v) is 43.3. The highest BCUT2D eigenvalue weighted by Crippen LogP contribution is 2.53. The predicted octanol–water partition coefficient (Wildman–Crippen LogP) is 19.0. The van der Waals surface area contributed by atoms with E-state index in [1.807, 2.05) is 83.0 Å². The summed E-state index contributed by atoms with van der Waals surface area (Å²) in [6, 6.07) is 33.3. The number of carbonyl (C=O) groups is 6. The van der Waals surface area contributed by atoms with E-state index in [-0.39, 0.29) is 88.6 Å². The highest BCUT2D eigenvalue weighted by atomic mass is 35.5. The number of carbonyl (C=O) groups excluding carboxylic acids is 6. The van der Waals surface area contributed by atoms with Crippen molar-refractivity contribution in [2.45, 2.75) is 141 Å². The maximum Gasteiger partial charge on any atom is 0.417 e. The fourth-order valence-corrected chi connectivity index (χ4v) is 20.9. The lowest BCUT2D eigenvalue weighted by atomic mass is 9.88. The molecule has 18 nitrogen and oxygen atoms in total. The summed E-state index contributed by atoms with van der Waals surface area (Å²) >= 11 is 6.61. The average Bonchev–Trinajstić information content (AvgIpc) is 1.69. The molecular formula is C100H83ClF8N12O6. The van der Waals surface area contributed by atoms with E-state index in [4.69, 9.17) is 11.6 Å². The second kappa shape index (κ2) is 33.9. The summed E-state index contributed by atoms with van der Waals surface area (Å²) in [5.74, 6) is 0.176. The quantitative estimate of drug-likeness (QED) is 0.137. The van der Waals surface area contributed by atoms with Gasteiger partial charge in [-0.25, -0.2) is 8.78 Å². The van der Waals surface area contributed by atoms with Crippen LogP contribution in [0.1, 0.15) is 129 Å². The number of aromatic nitrogens is 6. The summed E-state index contributed by atoms with van der Waals surface area (Å²) in [5, 5.41) is 0.774. The van der Waals surface area contributed by atoms with Gasteiger partial charge >= 0.3 is 12.4 Å². The normalized spacial score (nSPS) is 16.5.